The Hall–Kier alpha value is -1.08. The highest BCUT2D eigenvalue weighted by Gasteiger charge is 2.15. The Kier molecular flexibility index (Phi) is 8.55. The second-order valence-corrected chi connectivity index (χ2v) is 4.19. The topological polar surface area (TPSA) is 64.3 Å². The van der Waals surface area contributed by atoms with Crippen LogP contribution in [0.4, 0.5) is 0 Å². The number of carboxylic acids is 1. The predicted molar refractivity (Wildman–Crippen MR) is 63.0 cm³/mol. The standard InChI is InChI=1S/C12H22N2O2/c1-3-4-5-6-8-14(9-7-13)10-11(2)12(15)16/h11H,3-6,8-10H2,1-2H3,(H,15,16). The number of rotatable bonds is 9. The average Bonchev–Trinajstić information content (AvgIpc) is 2.24. The highest BCUT2D eigenvalue weighted by atomic mass is 16.4. The van der Waals surface area contributed by atoms with Crippen LogP contribution in [-0.4, -0.2) is 35.6 Å². The summed E-state index contributed by atoms with van der Waals surface area (Å²) in [6.07, 6.45) is 4.58. The Bertz CT molecular complexity index is 236. The number of hydrogen-bond acceptors (Lipinski definition) is 3. The number of aliphatic carboxylic acids is 1. The quantitative estimate of drug-likeness (QED) is 0.483. The molecular formula is C12H22N2O2. The van der Waals surface area contributed by atoms with Crippen LogP contribution in [0.5, 0.6) is 0 Å². The summed E-state index contributed by atoms with van der Waals surface area (Å²) in [6.45, 7) is 5.45. The Morgan fingerprint density at radius 1 is 1.44 bits per heavy atom. The lowest BCUT2D eigenvalue weighted by Gasteiger charge is -2.20. The highest BCUT2D eigenvalue weighted by molar-refractivity contribution is 5.69. The zero-order valence-electron chi connectivity index (χ0n) is 10.3. The van der Waals surface area contributed by atoms with Crippen LogP contribution in [0.3, 0.4) is 0 Å². The molecule has 0 aliphatic heterocycles. The van der Waals surface area contributed by atoms with Crippen molar-refractivity contribution in [3.05, 3.63) is 0 Å². The first-order valence-electron chi connectivity index (χ1n) is 5.93. The molecule has 4 nitrogen and oxygen atoms in total. The van der Waals surface area contributed by atoms with Gasteiger partial charge in [-0.2, -0.15) is 5.26 Å². The highest BCUT2D eigenvalue weighted by Crippen LogP contribution is 2.04. The van der Waals surface area contributed by atoms with Gasteiger partial charge in [-0.25, -0.2) is 0 Å². The minimum Gasteiger partial charge on any atom is -0.481 e. The fourth-order valence-corrected chi connectivity index (χ4v) is 1.56. The Labute approximate surface area is 97.9 Å². The number of nitrogens with zero attached hydrogens (tertiary/aromatic N) is 2. The van der Waals surface area contributed by atoms with E-state index in [9.17, 15) is 4.79 Å². The van der Waals surface area contributed by atoms with Crippen LogP contribution < -0.4 is 0 Å². The fraction of sp³-hybridized carbons (Fsp3) is 0.833. The van der Waals surface area contributed by atoms with E-state index in [0.717, 1.165) is 19.4 Å². The lowest BCUT2D eigenvalue weighted by molar-refractivity contribution is -0.141. The van der Waals surface area contributed by atoms with Crippen molar-refractivity contribution in [3.8, 4) is 6.07 Å². The van der Waals surface area contributed by atoms with Gasteiger partial charge in [-0.1, -0.05) is 33.1 Å². The van der Waals surface area contributed by atoms with Gasteiger partial charge >= 0.3 is 5.97 Å². The van der Waals surface area contributed by atoms with Gasteiger partial charge in [0.1, 0.15) is 0 Å². The summed E-state index contributed by atoms with van der Waals surface area (Å²) in [7, 11) is 0. The molecule has 1 atom stereocenters. The summed E-state index contributed by atoms with van der Waals surface area (Å²) in [6, 6.07) is 2.09. The summed E-state index contributed by atoms with van der Waals surface area (Å²) in [5.74, 6) is -1.20. The molecule has 0 saturated heterocycles. The Morgan fingerprint density at radius 2 is 2.12 bits per heavy atom. The minimum absolute atomic E-state index is 0.323. The van der Waals surface area contributed by atoms with Gasteiger partial charge in [0, 0.05) is 6.54 Å². The maximum Gasteiger partial charge on any atom is 0.307 e. The van der Waals surface area contributed by atoms with Gasteiger partial charge < -0.3 is 5.11 Å². The van der Waals surface area contributed by atoms with Gasteiger partial charge in [0.15, 0.2) is 0 Å². The molecule has 0 saturated carbocycles. The molecule has 1 N–H and O–H groups in total. The third kappa shape index (κ3) is 7.24. The molecule has 0 spiro atoms. The van der Waals surface area contributed by atoms with Crippen molar-refractivity contribution >= 4 is 5.97 Å². The van der Waals surface area contributed by atoms with Gasteiger partial charge in [0.2, 0.25) is 0 Å². The van der Waals surface area contributed by atoms with E-state index in [4.69, 9.17) is 10.4 Å². The third-order valence-corrected chi connectivity index (χ3v) is 2.58. The zero-order chi connectivity index (χ0) is 12.4. The molecule has 0 fully saturated rings. The monoisotopic (exact) mass is 226 g/mol. The van der Waals surface area contributed by atoms with E-state index in [-0.39, 0.29) is 0 Å². The average molecular weight is 226 g/mol. The van der Waals surface area contributed by atoms with Gasteiger partial charge in [0.05, 0.1) is 18.5 Å². The number of unbranched alkanes of at least 4 members (excludes halogenated alkanes) is 3. The fourth-order valence-electron chi connectivity index (χ4n) is 1.56. The molecule has 0 amide bonds. The minimum atomic E-state index is -0.795. The maximum absolute atomic E-state index is 10.7. The lowest BCUT2D eigenvalue weighted by Crippen LogP contribution is -2.33. The van der Waals surface area contributed by atoms with E-state index in [1.165, 1.54) is 12.8 Å². The van der Waals surface area contributed by atoms with E-state index in [1.807, 2.05) is 4.90 Å². The molecule has 0 aromatic rings. The van der Waals surface area contributed by atoms with Crippen LogP contribution in [0.25, 0.3) is 0 Å². The summed E-state index contributed by atoms with van der Waals surface area (Å²) in [4.78, 5) is 12.6. The lowest BCUT2D eigenvalue weighted by atomic mass is 10.1. The summed E-state index contributed by atoms with van der Waals surface area (Å²) in [5.41, 5.74) is 0. The number of carbonyl (C=O) groups is 1. The summed E-state index contributed by atoms with van der Waals surface area (Å²) < 4.78 is 0. The third-order valence-electron chi connectivity index (χ3n) is 2.58. The molecule has 0 rings (SSSR count). The van der Waals surface area contributed by atoms with Crippen LogP contribution in [0, 0.1) is 17.2 Å². The van der Waals surface area contributed by atoms with Crippen LogP contribution >= 0.6 is 0 Å². The summed E-state index contributed by atoms with van der Waals surface area (Å²) in [5, 5.41) is 17.5. The normalized spacial score (nSPS) is 12.4. The number of carboxylic acid groups (broad SMARTS) is 1. The Morgan fingerprint density at radius 3 is 2.62 bits per heavy atom. The van der Waals surface area contributed by atoms with Gasteiger partial charge in [0.25, 0.3) is 0 Å². The Balaban J connectivity index is 3.88. The van der Waals surface area contributed by atoms with Crippen molar-refractivity contribution in [3.63, 3.8) is 0 Å². The molecule has 0 radical (unpaired) electrons. The van der Waals surface area contributed by atoms with Crippen molar-refractivity contribution < 1.29 is 9.90 Å². The molecule has 92 valence electrons. The summed E-state index contributed by atoms with van der Waals surface area (Å²) >= 11 is 0. The maximum atomic E-state index is 10.7. The van der Waals surface area contributed by atoms with Crippen LogP contribution in [0.1, 0.15) is 39.5 Å². The molecule has 4 heteroatoms. The van der Waals surface area contributed by atoms with Crippen LogP contribution in [0.2, 0.25) is 0 Å². The molecule has 0 bridgehead atoms. The second kappa shape index (κ2) is 9.17. The molecule has 0 aliphatic rings. The van der Waals surface area contributed by atoms with E-state index in [2.05, 4.69) is 13.0 Å². The van der Waals surface area contributed by atoms with Gasteiger partial charge in [-0.05, 0) is 13.0 Å². The van der Waals surface area contributed by atoms with Crippen molar-refractivity contribution in [2.24, 2.45) is 5.92 Å². The number of nitriles is 1. The molecule has 0 aromatic heterocycles. The van der Waals surface area contributed by atoms with Gasteiger partial charge in [-0.15, -0.1) is 0 Å². The first-order chi connectivity index (χ1) is 7.61. The van der Waals surface area contributed by atoms with Crippen LogP contribution in [-0.2, 0) is 4.79 Å². The van der Waals surface area contributed by atoms with Gasteiger partial charge in [-0.3, -0.25) is 9.69 Å². The van der Waals surface area contributed by atoms with Crippen LogP contribution in [0.15, 0.2) is 0 Å². The van der Waals surface area contributed by atoms with Crippen molar-refractivity contribution in [2.75, 3.05) is 19.6 Å². The molecule has 0 heterocycles. The first kappa shape index (κ1) is 14.9. The molecule has 1 unspecified atom stereocenters. The first-order valence-corrected chi connectivity index (χ1v) is 5.93. The van der Waals surface area contributed by atoms with Crippen molar-refractivity contribution in [1.82, 2.24) is 4.90 Å². The van der Waals surface area contributed by atoms with Crippen molar-refractivity contribution in [1.29, 1.82) is 5.26 Å². The largest absolute Gasteiger partial charge is 0.481 e. The molecule has 16 heavy (non-hydrogen) atoms. The predicted octanol–water partition coefficient (Wildman–Crippen LogP) is 2.11. The van der Waals surface area contributed by atoms with E-state index in [0.29, 0.717) is 13.1 Å². The zero-order valence-corrected chi connectivity index (χ0v) is 10.3. The number of hydrogen-bond donors (Lipinski definition) is 1. The molecule has 0 aromatic carbocycles. The molecular weight excluding hydrogens is 204 g/mol. The second-order valence-electron chi connectivity index (χ2n) is 4.19. The van der Waals surface area contributed by atoms with E-state index < -0.39 is 11.9 Å². The SMILES string of the molecule is CCCCCCN(CC#N)CC(C)C(=O)O. The van der Waals surface area contributed by atoms with E-state index >= 15 is 0 Å². The van der Waals surface area contributed by atoms with E-state index in [1.54, 1.807) is 6.92 Å². The smallest absolute Gasteiger partial charge is 0.307 e. The molecule has 0 aliphatic carbocycles. The van der Waals surface area contributed by atoms with Crippen molar-refractivity contribution in [2.45, 2.75) is 39.5 Å².